The Morgan fingerprint density at radius 2 is 0.679 bits per heavy atom. The molecule has 0 bridgehead atoms. The number of benzene rings is 6. The van der Waals surface area contributed by atoms with Crippen LogP contribution in [0.15, 0.2) is 158 Å². The molecule has 6 N–H and O–H groups in total. The summed E-state index contributed by atoms with van der Waals surface area (Å²) in [5.41, 5.74) is 5.13. The molecule has 53 heavy (non-hydrogen) atoms. The van der Waals surface area contributed by atoms with Crippen LogP contribution >= 0.6 is 0 Å². The molecule has 6 aromatic rings. The summed E-state index contributed by atoms with van der Waals surface area (Å²) in [5, 5.41) is 16.3. The van der Waals surface area contributed by atoms with Gasteiger partial charge in [0.25, 0.3) is 0 Å². The Bertz CT molecular complexity index is 2020. The van der Waals surface area contributed by atoms with E-state index in [1.165, 1.54) is 0 Å². The molecule has 0 fully saturated rings. The zero-order valence-electron chi connectivity index (χ0n) is 28.2. The predicted octanol–water partition coefficient (Wildman–Crippen LogP) is 9.79. The van der Waals surface area contributed by atoms with Gasteiger partial charge in [0.15, 0.2) is 0 Å². The molecule has 12 nitrogen and oxygen atoms in total. The van der Waals surface area contributed by atoms with Gasteiger partial charge in [0.2, 0.25) is 0 Å². The van der Waals surface area contributed by atoms with E-state index in [1.807, 2.05) is 60.7 Å². The normalized spacial score (nSPS) is 10.3. The number of ether oxygens (including phenoxy) is 2. The number of rotatable bonds is 10. The van der Waals surface area contributed by atoms with Crippen LogP contribution in [-0.4, -0.2) is 24.2 Å². The van der Waals surface area contributed by atoms with Crippen LogP contribution in [0.5, 0.6) is 11.5 Å². The fourth-order valence-corrected chi connectivity index (χ4v) is 5.07. The van der Waals surface area contributed by atoms with Crippen LogP contribution in [0.2, 0.25) is 0 Å². The van der Waals surface area contributed by atoms with Gasteiger partial charge in [-0.1, -0.05) is 72.8 Å². The first-order valence-electron chi connectivity index (χ1n) is 16.4. The van der Waals surface area contributed by atoms with Gasteiger partial charge in [-0.2, -0.15) is 0 Å². The zero-order valence-corrected chi connectivity index (χ0v) is 28.2. The Morgan fingerprint density at radius 3 is 1.06 bits per heavy atom. The third-order valence-electron chi connectivity index (χ3n) is 7.47. The Labute approximate surface area is 305 Å². The van der Waals surface area contributed by atoms with Crippen molar-refractivity contribution in [2.75, 3.05) is 31.9 Å². The summed E-state index contributed by atoms with van der Waals surface area (Å²) in [4.78, 5) is 49.7. The summed E-state index contributed by atoms with van der Waals surface area (Å²) in [7, 11) is 0. The van der Waals surface area contributed by atoms with Gasteiger partial charge in [0.05, 0.1) is 0 Å². The largest absolute Gasteiger partial charge is 0.417 e. The van der Waals surface area contributed by atoms with Crippen molar-refractivity contribution in [1.82, 2.24) is 0 Å². The summed E-state index contributed by atoms with van der Waals surface area (Å²) in [6.07, 6.45) is -0.772. The van der Waals surface area contributed by atoms with Gasteiger partial charge >= 0.3 is 24.2 Å². The second kappa shape index (κ2) is 17.4. The Morgan fingerprint density at radius 1 is 0.358 bits per heavy atom. The quantitative estimate of drug-likeness (QED) is 0.0832. The maximum atomic E-state index is 12.6. The summed E-state index contributed by atoms with van der Waals surface area (Å²) in [6.45, 7) is 0. The van der Waals surface area contributed by atoms with Gasteiger partial charge in [-0.3, -0.25) is 10.6 Å². The number of hydrogen-bond donors (Lipinski definition) is 6. The average molecular weight is 707 g/mol. The zero-order chi connectivity index (χ0) is 36.8. The molecule has 0 saturated carbocycles. The van der Waals surface area contributed by atoms with E-state index >= 15 is 0 Å². The minimum absolute atomic E-state index is 0.356. The topological polar surface area (TPSA) is 159 Å². The molecular formula is C41H34N6O6. The number of carbonyl (C=O) groups is 4. The van der Waals surface area contributed by atoms with Crippen LogP contribution in [0.4, 0.5) is 53.3 Å². The van der Waals surface area contributed by atoms with Crippen molar-refractivity contribution in [3.8, 4) is 11.5 Å². The van der Waals surface area contributed by atoms with E-state index in [4.69, 9.17) is 9.47 Å². The molecule has 6 rings (SSSR count). The minimum atomic E-state index is -0.682. The number of hydrogen-bond acceptors (Lipinski definition) is 6. The van der Waals surface area contributed by atoms with Crippen molar-refractivity contribution in [2.24, 2.45) is 0 Å². The van der Waals surface area contributed by atoms with E-state index in [0.29, 0.717) is 52.0 Å². The monoisotopic (exact) mass is 706 g/mol. The number of nitrogens with one attached hydrogen (secondary N) is 6. The molecule has 264 valence electrons. The molecule has 0 radical (unpaired) electrons. The van der Waals surface area contributed by atoms with E-state index in [9.17, 15) is 19.2 Å². The van der Waals surface area contributed by atoms with E-state index in [-0.39, 0.29) is 0 Å². The third kappa shape index (κ3) is 11.2. The highest BCUT2D eigenvalue weighted by Crippen LogP contribution is 2.21. The summed E-state index contributed by atoms with van der Waals surface area (Å²) < 4.78 is 10.9. The molecule has 0 spiro atoms. The molecule has 12 heteroatoms. The van der Waals surface area contributed by atoms with Crippen molar-refractivity contribution >= 4 is 58.4 Å². The Kier molecular flexibility index (Phi) is 11.5. The van der Waals surface area contributed by atoms with E-state index in [2.05, 4.69) is 31.9 Å². The second-order valence-corrected chi connectivity index (χ2v) is 11.5. The number of para-hydroxylation sites is 2. The average Bonchev–Trinajstić information content (AvgIpc) is 3.14. The minimum Gasteiger partial charge on any atom is -0.410 e. The predicted molar refractivity (Wildman–Crippen MR) is 206 cm³/mol. The molecule has 0 aliphatic rings. The van der Waals surface area contributed by atoms with Crippen molar-refractivity contribution in [3.05, 3.63) is 169 Å². The highest BCUT2D eigenvalue weighted by molar-refractivity contribution is 6.01. The van der Waals surface area contributed by atoms with Crippen molar-refractivity contribution in [1.29, 1.82) is 0 Å². The fourth-order valence-electron chi connectivity index (χ4n) is 5.07. The van der Waals surface area contributed by atoms with Crippen LogP contribution in [0.3, 0.4) is 0 Å². The number of carbonyl (C=O) groups excluding carboxylic acids is 4. The van der Waals surface area contributed by atoms with Gasteiger partial charge in [0.1, 0.15) is 11.5 Å². The van der Waals surface area contributed by atoms with Crippen molar-refractivity contribution < 1.29 is 28.7 Å². The summed E-state index contributed by atoms with van der Waals surface area (Å²) >= 11 is 0. The van der Waals surface area contributed by atoms with Crippen molar-refractivity contribution in [2.45, 2.75) is 6.42 Å². The number of urea groups is 2. The first kappa shape index (κ1) is 35.2. The van der Waals surface area contributed by atoms with E-state index in [0.717, 1.165) is 11.1 Å². The first-order chi connectivity index (χ1) is 25.8. The summed E-state index contributed by atoms with van der Waals surface area (Å²) in [5.74, 6) is 0.712. The molecule has 0 unspecified atom stereocenters. The lowest BCUT2D eigenvalue weighted by molar-refractivity contribution is 0.214. The van der Waals surface area contributed by atoms with Gasteiger partial charge in [-0.25, -0.2) is 19.2 Å². The lowest BCUT2D eigenvalue weighted by atomic mass is 10.0. The second-order valence-electron chi connectivity index (χ2n) is 11.5. The SMILES string of the molecule is O=C(Nc1ccccc1)Nc1cccc(NC(=O)Oc2ccc(Cc3ccc(OC(=O)Nc4cccc(NC(=O)Nc5ccccc5)c4)cc3)cc2)c1. The fraction of sp³-hybridized carbons (Fsp3) is 0.0244. The standard InChI is InChI=1S/C41H34N6O6/c48-38(42-30-9-3-1-4-10-30)44-32-13-7-15-34(26-32)46-40(50)52-36-21-17-28(18-22-36)25-29-19-23-37(24-20-29)53-41(51)47-35-16-8-14-33(27-35)45-39(49)43-31-11-5-2-6-12-31/h1-24,26-27H,25H2,(H,46,50)(H,47,51)(H2,42,44,48)(H2,43,45,49). The maximum absolute atomic E-state index is 12.6. The number of amides is 6. The van der Waals surface area contributed by atoms with Crippen LogP contribution in [0.25, 0.3) is 0 Å². The van der Waals surface area contributed by atoms with Crippen LogP contribution in [-0.2, 0) is 6.42 Å². The molecule has 0 aliphatic heterocycles. The highest BCUT2D eigenvalue weighted by Gasteiger charge is 2.10. The third-order valence-corrected chi connectivity index (χ3v) is 7.47. The molecule has 0 aromatic heterocycles. The Balaban J connectivity index is 0.935. The van der Waals surface area contributed by atoms with Crippen LogP contribution < -0.4 is 41.4 Å². The van der Waals surface area contributed by atoms with E-state index < -0.39 is 24.2 Å². The molecule has 0 aliphatic carbocycles. The lowest BCUT2D eigenvalue weighted by Crippen LogP contribution is -2.20. The van der Waals surface area contributed by atoms with Gasteiger partial charge in [-0.15, -0.1) is 0 Å². The molecule has 6 aromatic carbocycles. The van der Waals surface area contributed by atoms with Gasteiger partial charge in [0, 0.05) is 34.1 Å². The van der Waals surface area contributed by atoms with Crippen LogP contribution in [0, 0.1) is 0 Å². The van der Waals surface area contributed by atoms with Gasteiger partial charge < -0.3 is 30.7 Å². The van der Waals surface area contributed by atoms with Crippen LogP contribution in [0.1, 0.15) is 11.1 Å². The molecule has 0 heterocycles. The van der Waals surface area contributed by atoms with Gasteiger partial charge in [-0.05, 0) is 102 Å². The lowest BCUT2D eigenvalue weighted by Gasteiger charge is -2.11. The Hall–Kier alpha value is -7.60. The maximum Gasteiger partial charge on any atom is 0.417 e. The molecule has 0 atom stereocenters. The molecule has 6 amide bonds. The summed E-state index contributed by atoms with van der Waals surface area (Å²) in [6, 6.07) is 44.9. The smallest absolute Gasteiger partial charge is 0.410 e. The van der Waals surface area contributed by atoms with E-state index in [1.54, 1.807) is 97.1 Å². The molecular weight excluding hydrogens is 672 g/mol. The molecule has 0 saturated heterocycles. The number of anilines is 6. The van der Waals surface area contributed by atoms with Crippen molar-refractivity contribution in [3.63, 3.8) is 0 Å². The first-order valence-corrected chi connectivity index (χ1v) is 16.4. The highest BCUT2D eigenvalue weighted by atomic mass is 16.6.